The first-order chi connectivity index (χ1) is 8.09. The lowest BCUT2D eigenvalue weighted by molar-refractivity contribution is 0.0301. The summed E-state index contributed by atoms with van der Waals surface area (Å²) < 4.78 is 5.19. The zero-order valence-electron chi connectivity index (χ0n) is 10.1. The topological polar surface area (TPSA) is 62.4 Å². The van der Waals surface area contributed by atoms with Crippen LogP contribution in [-0.2, 0) is 4.74 Å². The van der Waals surface area contributed by atoms with Gasteiger partial charge < -0.3 is 14.6 Å². The lowest BCUT2D eigenvalue weighted by atomic mass is 10.1. The monoisotopic (exact) mass is 236 g/mol. The maximum Gasteiger partial charge on any atom is 0.261 e. The molecule has 0 bridgehead atoms. The number of morpholine rings is 1. The number of amides is 1. The second-order valence-corrected chi connectivity index (χ2v) is 4.24. The molecule has 1 saturated heterocycles. The number of aryl methyl sites for hydroxylation is 2. The average molecular weight is 236 g/mol. The fraction of sp³-hybridized carbons (Fsp3) is 0.500. The van der Waals surface area contributed by atoms with E-state index < -0.39 is 0 Å². The van der Waals surface area contributed by atoms with E-state index in [0.717, 1.165) is 11.3 Å². The van der Waals surface area contributed by atoms with E-state index in [1.807, 2.05) is 6.07 Å². The number of rotatable bonds is 1. The Hall–Kier alpha value is -1.62. The van der Waals surface area contributed by atoms with Gasteiger partial charge in [-0.05, 0) is 25.5 Å². The van der Waals surface area contributed by atoms with Crippen LogP contribution in [0.25, 0.3) is 0 Å². The van der Waals surface area contributed by atoms with Gasteiger partial charge in [-0.3, -0.25) is 9.59 Å². The number of carbonyl (C=O) groups excluding carboxylic acids is 1. The molecule has 2 heterocycles. The van der Waals surface area contributed by atoms with E-state index in [2.05, 4.69) is 4.98 Å². The lowest BCUT2D eigenvalue weighted by Gasteiger charge is -2.27. The van der Waals surface area contributed by atoms with Gasteiger partial charge in [0, 0.05) is 18.8 Å². The van der Waals surface area contributed by atoms with Crippen LogP contribution in [0.4, 0.5) is 0 Å². The molecule has 1 aliphatic rings. The minimum Gasteiger partial charge on any atom is -0.378 e. The number of nitrogens with one attached hydrogen (secondary N) is 1. The maximum absolute atomic E-state index is 12.2. The van der Waals surface area contributed by atoms with Gasteiger partial charge in [0.05, 0.1) is 13.2 Å². The molecule has 0 saturated carbocycles. The van der Waals surface area contributed by atoms with Crippen molar-refractivity contribution in [2.24, 2.45) is 0 Å². The van der Waals surface area contributed by atoms with E-state index in [1.165, 1.54) is 0 Å². The Kier molecular flexibility index (Phi) is 3.28. The van der Waals surface area contributed by atoms with Crippen molar-refractivity contribution in [2.75, 3.05) is 26.3 Å². The number of ether oxygens (including phenoxy) is 1. The predicted octanol–water partition coefficient (Wildman–Crippen LogP) is 0.464. The molecule has 0 unspecified atom stereocenters. The summed E-state index contributed by atoms with van der Waals surface area (Å²) in [5.41, 5.74) is 1.44. The zero-order valence-corrected chi connectivity index (χ0v) is 10.1. The summed E-state index contributed by atoms with van der Waals surface area (Å²) in [6.07, 6.45) is 0. The Morgan fingerprint density at radius 3 is 2.59 bits per heavy atom. The Morgan fingerprint density at radius 1 is 1.35 bits per heavy atom. The molecular weight excluding hydrogens is 220 g/mol. The van der Waals surface area contributed by atoms with E-state index in [9.17, 15) is 9.59 Å². The number of pyridine rings is 1. The van der Waals surface area contributed by atoms with Gasteiger partial charge in [0.2, 0.25) is 0 Å². The molecule has 1 aliphatic heterocycles. The standard InChI is InChI=1S/C12H16N2O3/c1-8-7-9(2)13-11(15)10(8)12(16)14-3-5-17-6-4-14/h7H,3-6H2,1-2H3,(H,13,15). The minimum absolute atomic E-state index is 0.202. The number of H-pyrrole nitrogens is 1. The summed E-state index contributed by atoms with van der Waals surface area (Å²) in [4.78, 5) is 28.3. The first-order valence-corrected chi connectivity index (χ1v) is 5.67. The maximum atomic E-state index is 12.2. The molecule has 1 N–H and O–H groups in total. The molecule has 17 heavy (non-hydrogen) atoms. The molecule has 0 radical (unpaired) electrons. The van der Waals surface area contributed by atoms with Crippen molar-refractivity contribution in [1.82, 2.24) is 9.88 Å². The minimum atomic E-state index is -0.306. The summed E-state index contributed by atoms with van der Waals surface area (Å²) >= 11 is 0. The third-order valence-electron chi connectivity index (χ3n) is 2.88. The van der Waals surface area contributed by atoms with Gasteiger partial charge in [0.1, 0.15) is 5.56 Å². The van der Waals surface area contributed by atoms with Crippen molar-refractivity contribution in [1.29, 1.82) is 0 Å². The van der Waals surface area contributed by atoms with Crippen LogP contribution in [0.3, 0.4) is 0 Å². The quantitative estimate of drug-likeness (QED) is 0.770. The highest BCUT2D eigenvalue weighted by atomic mass is 16.5. The average Bonchev–Trinajstić information content (AvgIpc) is 2.28. The van der Waals surface area contributed by atoms with E-state index in [0.29, 0.717) is 26.3 Å². The summed E-state index contributed by atoms with van der Waals surface area (Å²) in [6, 6.07) is 1.81. The fourth-order valence-electron chi connectivity index (χ4n) is 2.04. The van der Waals surface area contributed by atoms with Gasteiger partial charge in [-0.15, -0.1) is 0 Å². The number of nitrogens with zero attached hydrogens (tertiary/aromatic N) is 1. The van der Waals surface area contributed by atoms with Crippen LogP contribution < -0.4 is 5.56 Å². The van der Waals surface area contributed by atoms with Crippen molar-refractivity contribution in [3.63, 3.8) is 0 Å². The number of hydrogen-bond acceptors (Lipinski definition) is 3. The SMILES string of the molecule is Cc1cc(C)c(C(=O)N2CCOCC2)c(=O)[nH]1. The Labute approximate surface area is 99.4 Å². The van der Waals surface area contributed by atoms with Crippen molar-refractivity contribution in [3.05, 3.63) is 33.2 Å². The van der Waals surface area contributed by atoms with Crippen molar-refractivity contribution >= 4 is 5.91 Å². The molecule has 1 amide bonds. The van der Waals surface area contributed by atoms with E-state index in [4.69, 9.17) is 4.74 Å². The normalized spacial score (nSPS) is 16.0. The van der Waals surface area contributed by atoms with E-state index >= 15 is 0 Å². The van der Waals surface area contributed by atoms with E-state index in [1.54, 1.807) is 18.7 Å². The molecule has 5 nitrogen and oxygen atoms in total. The smallest absolute Gasteiger partial charge is 0.261 e. The Bertz CT molecular complexity index is 487. The van der Waals surface area contributed by atoms with Gasteiger partial charge >= 0.3 is 0 Å². The molecule has 92 valence electrons. The Morgan fingerprint density at radius 2 is 2.00 bits per heavy atom. The number of carbonyl (C=O) groups is 1. The largest absolute Gasteiger partial charge is 0.378 e. The van der Waals surface area contributed by atoms with Crippen molar-refractivity contribution < 1.29 is 9.53 Å². The molecule has 1 fully saturated rings. The summed E-state index contributed by atoms with van der Waals surface area (Å²) in [7, 11) is 0. The van der Waals surface area contributed by atoms with Crippen LogP contribution in [0.1, 0.15) is 21.6 Å². The van der Waals surface area contributed by atoms with Gasteiger partial charge in [-0.25, -0.2) is 0 Å². The summed E-state index contributed by atoms with van der Waals surface area (Å²) in [5.74, 6) is -0.202. The number of aromatic amines is 1. The molecule has 1 aromatic rings. The molecule has 1 aromatic heterocycles. The van der Waals surface area contributed by atoms with Gasteiger partial charge in [0.25, 0.3) is 11.5 Å². The predicted molar refractivity (Wildman–Crippen MR) is 63.3 cm³/mol. The highest BCUT2D eigenvalue weighted by Crippen LogP contribution is 2.08. The zero-order chi connectivity index (χ0) is 12.4. The molecule has 0 aromatic carbocycles. The van der Waals surface area contributed by atoms with Crippen LogP contribution in [0.15, 0.2) is 10.9 Å². The molecule has 0 atom stereocenters. The second-order valence-electron chi connectivity index (χ2n) is 4.24. The van der Waals surface area contributed by atoms with Gasteiger partial charge in [0.15, 0.2) is 0 Å². The first kappa shape index (κ1) is 11.9. The fourth-order valence-corrected chi connectivity index (χ4v) is 2.04. The lowest BCUT2D eigenvalue weighted by Crippen LogP contribution is -2.43. The molecule has 0 aliphatic carbocycles. The highest BCUT2D eigenvalue weighted by Gasteiger charge is 2.22. The van der Waals surface area contributed by atoms with Gasteiger partial charge in [-0.2, -0.15) is 0 Å². The van der Waals surface area contributed by atoms with Crippen LogP contribution in [0.2, 0.25) is 0 Å². The third-order valence-corrected chi connectivity index (χ3v) is 2.88. The van der Waals surface area contributed by atoms with Crippen LogP contribution in [0.5, 0.6) is 0 Å². The van der Waals surface area contributed by atoms with Crippen LogP contribution in [-0.4, -0.2) is 42.1 Å². The van der Waals surface area contributed by atoms with Crippen molar-refractivity contribution in [2.45, 2.75) is 13.8 Å². The molecule has 2 rings (SSSR count). The first-order valence-electron chi connectivity index (χ1n) is 5.67. The molecule has 5 heteroatoms. The summed E-state index contributed by atoms with van der Waals surface area (Å²) in [6.45, 7) is 5.76. The van der Waals surface area contributed by atoms with Crippen LogP contribution >= 0.6 is 0 Å². The Balaban J connectivity index is 2.33. The molecular formula is C12H16N2O3. The summed E-state index contributed by atoms with van der Waals surface area (Å²) in [5, 5.41) is 0. The van der Waals surface area contributed by atoms with Crippen molar-refractivity contribution in [3.8, 4) is 0 Å². The number of aromatic nitrogens is 1. The van der Waals surface area contributed by atoms with Crippen LogP contribution in [0, 0.1) is 13.8 Å². The van der Waals surface area contributed by atoms with E-state index in [-0.39, 0.29) is 17.0 Å². The third kappa shape index (κ3) is 2.39. The highest BCUT2D eigenvalue weighted by molar-refractivity contribution is 5.95. The second kappa shape index (κ2) is 4.71. The number of hydrogen-bond donors (Lipinski definition) is 1. The van der Waals surface area contributed by atoms with Gasteiger partial charge in [-0.1, -0.05) is 0 Å². The molecule has 0 spiro atoms.